The average molecular weight is 698 g/mol. The molecular weight excluding hydrogens is 661 g/mol. The Kier molecular flexibility index (Phi) is 14.9. The summed E-state index contributed by atoms with van der Waals surface area (Å²) in [6.07, 6.45) is -4.59. The van der Waals surface area contributed by atoms with Crippen molar-refractivity contribution in [2.45, 2.75) is 63.5 Å². The Balaban J connectivity index is 2.41. The van der Waals surface area contributed by atoms with Gasteiger partial charge < -0.3 is 30.2 Å². The molecule has 3 amide bonds. The molecule has 0 aliphatic heterocycles. The Morgan fingerprint density at radius 1 is 1.02 bits per heavy atom. The van der Waals surface area contributed by atoms with Gasteiger partial charge in [-0.05, 0) is 57.5 Å². The van der Waals surface area contributed by atoms with E-state index >= 15 is 0 Å². The predicted molar refractivity (Wildman–Crippen MR) is 162 cm³/mol. The van der Waals surface area contributed by atoms with E-state index in [1.807, 2.05) is 0 Å². The molecular formula is C28H36Cl2F2N4O8S. The molecule has 250 valence electrons. The number of hydrogen-bond donors (Lipinski definition) is 3. The number of ether oxygens (including phenoxy) is 3. The van der Waals surface area contributed by atoms with E-state index in [0.29, 0.717) is 6.07 Å². The van der Waals surface area contributed by atoms with E-state index in [4.69, 9.17) is 43.1 Å². The first-order valence-electron chi connectivity index (χ1n) is 13.8. The molecule has 2 rings (SSSR count). The lowest BCUT2D eigenvalue weighted by molar-refractivity contribution is -0.163. The first-order valence-corrected chi connectivity index (χ1v) is 16.0. The number of nitrogens with two attached hydrogens (primary N) is 1. The summed E-state index contributed by atoms with van der Waals surface area (Å²) < 4.78 is 72.2. The van der Waals surface area contributed by atoms with Gasteiger partial charge in [-0.3, -0.25) is 9.59 Å². The number of primary amides is 1. The standard InChI is InChI=1S/C28H36Cl2F2N4O8S/c1-5-42-25(43-6-2)15-36(16(3)4)27(38)22(11-17-7-9-19(31)13-21(17)32)35-26(37)23(44-28(33)39)14-34-45(40,41)24-10-8-18(29)12-20(24)30/h7-10,12-13,16,22-23,25,34H,5-6,11,14-15H2,1-4H3,(H2,33,39)(H,35,37). The first-order chi connectivity index (χ1) is 21.1. The van der Waals surface area contributed by atoms with E-state index in [1.165, 1.54) is 17.0 Å². The third-order valence-corrected chi connectivity index (χ3v) is 8.35. The Morgan fingerprint density at radius 3 is 2.20 bits per heavy atom. The topological polar surface area (TPSA) is 166 Å². The Labute approximate surface area is 270 Å². The molecule has 0 radical (unpaired) electrons. The largest absolute Gasteiger partial charge is 0.435 e. The van der Waals surface area contributed by atoms with Gasteiger partial charge in [0.25, 0.3) is 5.91 Å². The van der Waals surface area contributed by atoms with Crippen molar-refractivity contribution in [3.8, 4) is 0 Å². The smallest absolute Gasteiger partial charge is 0.405 e. The fourth-order valence-electron chi connectivity index (χ4n) is 4.10. The maximum absolute atomic E-state index is 14.7. The van der Waals surface area contributed by atoms with Crippen LogP contribution in [0.25, 0.3) is 0 Å². The van der Waals surface area contributed by atoms with Crippen molar-refractivity contribution >= 4 is 51.1 Å². The number of nitrogens with one attached hydrogen (secondary N) is 2. The van der Waals surface area contributed by atoms with Crippen molar-refractivity contribution in [3.05, 3.63) is 63.6 Å². The number of halogens is 4. The summed E-state index contributed by atoms with van der Waals surface area (Å²) in [6.45, 7) is 6.51. The lowest BCUT2D eigenvalue weighted by Gasteiger charge is -2.34. The molecule has 2 aromatic carbocycles. The SMILES string of the molecule is CCOC(CN(C(=O)C(Cc1ccc(F)cc1F)NC(=O)C(CNS(=O)(=O)c1ccc(Cl)cc1Cl)OC(N)=O)C(C)C)OCC. The number of amides is 3. The van der Waals surface area contributed by atoms with Crippen LogP contribution in [0.2, 0.25) is 10.0 Å². The third-order valence-electron chi connectivity index (χ3n) is 6.20. The van der Waals surface area contributed by atoms with E-state index in [1.54, 1.807) is 27.7 Å². The van der Waals surface area contributed by atoms with Gasteiger partial charge in [0.15, 0.2) is 12.4 Å². The summed E-state index contributed by atoms with van der Waals surface area (Å²) in [7, 11) is -4.37. The third kappa shape index (κ3) is 11.7. The van der Waals surface area contributed by atoms with Crippen molar-refractivity contribution in [2.24, 2.45) is 5.73 Å². The van der Waals surface area contributed by atoms with E-state index in [2.05, 4.69) is 10.0 Å². The fraction of sp³-hybridized carbons (Fsp3) is 0.464. The normalized spacial score (nSPS) is 13.0. The first kappa shape index (κ1) is 38.1. The molecule has 0 aliphatic rings. The van der Waals surface area contributed by atoms with Crippen LogP contribution < -0.4 is 15.8 Å². The van der Waals surface area contributed by atoms with Crippen LogP contribution in [-0.4, -0.2) is 82.0 Å². The summed E-state index contributed by atoms with van der Waals surface area (Å²) in [5.74, 6) is -3.68. The van der Waals surface area contributed by atoms with Crippen LogP contribution in [-0.2, 0) is 40.2 Å². The van der Waals surface area contributed by atoms with Gasteiger partial charge in [0.1, 0.15) is 22.6 Å². The number of rotatable bonds is 17. The van der Waals surface area contributed by atoms with Crippen molar-refractivity contribution in [1.29, 1.82) is 0 Å². The second kappa shape index (κ2) is 17.6. The molecule has 2 atom stereocenters. The van der Waals surface area contributed by atoms with E-state index in [-0.39, 0.29) is 40.3 Å². The highest BCUT2D eigenvalue weighted by Gasteiger charge is 2.34. The number of nitrogens with zero attached hydrogens (tertiary/aromatic N) is 1. The summed E-state index contributed by atoms with van der Waals surface area (Å²) in [4.78, 5) is 39.9. The number of benzene rings is 2. The molecule has 12 nitrogen and oxygen atoms in total. The molecule has 2 unspecified atom stereocenters. The van der Waals surface area contributed by atoms with Gasteiger partial charge >= 0.3 is 6.09 Å². The molecule has 0 saturated heterocycles. The minimum absolute atomic E-state index is 0.0701. The number of sulfonamides is 1. The Bertz CT molecular complexity index is 1450. The molecule has 0 fully saturated rings. The molecule has 0 aliphatic carbocycles. The van der Waals surface area contributed by atoms with Crippen LogP contribution in [0.3, 0.4) is 0 Å². The van der Waals surface area contributed by atoms with Crippen molar-refractivity contribution in [2.75, 3.05) is 26.3 Å². The number of carbonyl (C=O) groups excluding carboxylic acids is 3. The maximum Gasteiger partial charge on any atom is 0.405 e. The minimum Gasteiger partial charge on any atom is -0.435 e. The monoisotopic (exact) mass is 696 g/mol. The molecule has 0 bridgehead atoms. The summed E-state index contributed by atoms with van der Waals surface area (Å²) in [6, 6.07) is 4.33. The zero-order valence-electron chi connectivity index (χ0n) is 25.0. The highest BCUT2D eigenvalue weighted by molar-refractivity contribution is 7.89. The van der Waals surface area contributed by atoms with Gasteiger partial charge in [0.05, 0.1) is 18.1 Å². The zero-order valence-corrected chi connectivity index (χ0v) is 27.3. The Morgan fingerprint density at radius 2 is 1.67 bits per heavy atom. The van der Waals surface area contributed by atoms with E-state index in [9.17, 15) is 31.6 Å². The molecule has 0 saturated carbocycles. The maximum atomic E-state index is 14.7. The lowest BCUT2D eigenvalue weighted by atomic mass is 10.0. The Hall–Kier alpha value is -3.08. The molecule has 0 spiro atoms. The zero-order chi connectivity index (χ0) is 33.9. The summed E-state index contributed by atoms with van der Waals surface area (Å²) in [5.41, 5.74) is 5.01. The van der Waals surface area contributed by atoms with Crippen LogP contribution in [0.5, 0.6) is 0 Å². The quantitative estimate of drug-likeness (QED) is 0.212. The van der Waals surface area contributed by atoms with Crippen molar-refractivity contribution in [1.82, 2.24) is 14.9 Å². The molecule has 2 aromatic rings. The van der Waals surface area contributed by atoms with Crippen LogP contribution in [0.4, 0.5) is 13.6 Å². The minimum atomic E-state index is -4.37. The van der Waals surface area contributed by atoms with Gasteiger partial charge in [0, 0.05) is 36.8 Å². The van der Waals surface area contributed by atoms with Crippen molar-refractivity contribution in [3.63, 3.8) is 0 Å². The highest BCUT2D eigenvalue weighted by Crippen LogP contribution is 2.25. The lowest BCUT2D eigenvalue weighted by Crippen LogP contribution is -2.57. The van der Waals surface area contributed by atoms with Crippen LogP contribution >= 0.6 is 23.2 Å². The molecule has 0 aromatic heterocycles. The van der Waals surface area contributed by atoms with Gasteiger partial charge in [0.2, 0.25) is 15.9 Å². The highest BCUT2D eigenvalue weighted by atomic mass is 35.5. The number of carbonyl (C=O) groups is 3. The summed E-state index contributed by atoms with van der Waals surface area (Å²) in [5, 5.41) is 2.35. The summed E-state index contributed by atoms with van der Waals surface area (Å²) >= 11 is 11.8. The van der Waals surface area contributed by atoms with E-state index in [0.717, 1.165) is 18.2 Å². The van der Waals surface area contributed by atoms with Gasteiger partial charge in [-0.15, -0.1) is 0 Å². The van der Waals surface area contributed by atoms with Gasteiger partial charge in [-0.1, -0.05) is 29.3 Å². The second-order valence-corrected chi connectivity index (χ2v) is 12.4. The average Bonchev–Trinajstić information content (AvgIpc) is 2.94. The number of hydrogen-bond acceptors (Lipinski definition) is 8. The van der Waals surface area contributed by atoms with Crippen LogP contribution in [0.15, 0.2) is 41.3 Å². The van der Waals surface area contributed by atoms with Crippen LogP contribution in [0.1, 0.15) is 33.3 Å². The van der Waals surface area contributed by atoms with Gasteiger partial charge in [-0.2, -0.15) is 0 Å². The van der Waals surface area contributed by atoms with E-state index < -0.39 is 77.0 Å². The molecule has 4 N–H and O–H groups in total. The molecule has 45 heavy (non-hydrogen) atoms. The molecule has 17 heteroatoms. The van der Waals surface area contributed by atoms with Gasteiger partial charge in [-0.25, -0.2) is 26.7 Å². The fourth-order valence-corrected chi connectivity index (χ4v) is 5.90. The second-order valence-electron chi connectivity index (χ2n) is 9.78. The molecule has 0 heterocycles. The predicted octanol–water partition coefficient (Wildman–Crippen LogP) is 3.38. The van der Waals surface area contributed by atoms with Crippen LogP contribution in [0, 0.1) is 11.6 Å². The van der Waals surface area contributed by atoms with Crippen molar-refractivity contribution < 1.29 is 45.8 Å².